The minimum absolute atomic E-state index is 0.0455. The molecule has 2 atom stereocenters. The molecule has 0 saturated carbocycles. The van der Waals surface area contributed by atoms with Gasteiger partial charge in [0.25, 0.3) is 10.0 Å². The van der Waals surface area contributed by atoms with E-state index in [9.17, 15) is 18.0 Å². The molecule has 0 aliphatic rings. The minimum atomic E-state index is -4.31. The topological polar surface area (TPSA) is 96.0 Å². The summed E-state index contributed by atoms with van der Waals surface area (Å²) in [7, 11) is -4.31. The monoisotopic (exact) mass is 739 g/mol. The van der Waals surface area contributed by atoms with Gasteiger partial charge in [-0.2, -0.15) is 0 Å². The highest BCUT2D eigenvalue weighted by Crippen LogP contribution is 2.33. The number of sulfonamides is 1. The Kier molecular flexibility index (Phi) is 12.9. The number of ether oxygens (including phenoxy) is 1. The van der Waals surface area contributed by atoms with E-state index < -0.39 is 28.5 Å². The number of hydrogen-bond acceptors (Lipinski definition) is 5. The Labute approximate surface area is 290 Å². The molecular weight excluding hydrogens is 702 g/mol. The molecule has 0 spiro atoms. The lowest BCUT2D eigenvalue weighted by atomic mass is 10.0. The van der Waals surface area contributed by atoms with Gasteiger partial charge in [-0.15, -0.1) is 0 Å². The number of carbonyl (C=O) groups excluding carboxylic acids is 2. The Morgan fingerprint density at radius 2 is 1.51 bits per heavy atom. The number of carbonyl (C=O) groups is 2. The van der Waals surface area contributed by atoms with Crippen molar-refractivity contribution >= 4 is 55.1 Å². The molecule has 0 fully saturated rings. The molecule has 0 unspecified atom stereocenters. The lowest BCUT2D eigenvalue weighted by Crippen LogP contribution is -2.54. The van der Waals surface area contributed by atoms with Gasteiger partial charge in [-0.3, -0.25) is 13.9 Å². The van der Waals surface area contributed by atoms with Crippen LogP contribution >= 0.6 is 27.5 Å². The third-order valence-electron chi connectivity index (χ3n) is 7.65. The van der Waals surface area contributed by atoms with E-state index in [4.69, 9.17) is 16.3 Å². The van der Waals surface area contributed by atoms with Gasteiger partial charge >= 0.3 is 0 Å². The molecular formula is C36H39BrClN3O5S. The maximum Gasteiger partial charge on any atom is 0.264 e. The van der Waals surface area contributed by atoms with Gasteiger partial charge in [0, 0.05) is 28.5 Å². The van der Waals surface area contributed by atoms with E-state index in [0.717, 1.165) is 19.9 Å². The SMILES string of the molecule is CCOc1ccccc1N(CC(=O)N(Cc1ccc(Br)cc1)[C@@H](Cc1ccccc1)C(=O)N[C@H](C)CC)S(=O)(=O)c1ccc(Cl)cc1. The van der Waals surface area contributed by atoms with Gasteiger partial charge in [-0.05, 0) is 79.9 Å². The van der Waals surface area contributed by atoms with Crippen molar-refractivity contribution in [3.05, 3.63) is 124 Å². The summed E-state index contributed by atoms with van der Waals surface area (Å²) in [5.41, 5.74) is 1.83. The Morgan fingerprint density at radius 1 is 0.872 bits per heavy atom. The summed E-state index contributed by atoms with van der Waals surface area (Å²) in [4.78, 5) is 30.1. The van der Waals surface area contributed by atoms with Crippen LogP contribution in [-0.4, -0.2) is 50.4 Å². The summed E-state index contributed by atoms with van der Waals surface area (Å²) >= 11 is 9.55. The van der Waals surface area contributed by atoms with Gasteiger partial charge in [0.1, 0.15) is 18.3 Å². The van der Waals surface area contributed by atoms with Crippen LogP contribution in [0.4, 0.5) is 5.69 Å². The molecule has 248 valence electrons. The Hall–Kier alpha value is -3.86. The summed E-state index contributed by atoms with van der Waals surface area (Å²) in [5.74, 6) is -0.581. The minimum Gasteiger partial charge on any atom is -0.492 e. The van der Waals surface area contributed by atoms with Gasteiger partial charge in [0.15, 0.2) is 0 Å². The Bertz CT molecular complexity index is 1740. The first-order valence-electron chi connectivity index (χ1n) is 15.4. The summed E-state index contributed by atoms with van der Waals surface area (Å²) in [5, 5.41) is 3.42. The molecule has 0 heterocycles. The van der Waals surface area contributed by atoms with Crippen molar-refractivity contribution in [3.63, 3.8) is 0 Å². The summed E-state index contributed by atoms with van der Waals surface area (Å²) < 4.78 is 36.3. The van der Waals surface area contributed by atoms with Crippen molar-refractivity contribution < 1.29 is 22.7 Å². The van der Waals surface area contributed by atoms with Crippen molar-refractivity contribution in [1.29, 1.82) is 0 Å². The maximum atomic E-state index is 14.7. The van der Waals surface area contributed by atoms with E-state index >= 15 is 0 Å². The zero-order valence-electron chi connectivity index (χ0n) is 26.6. The Balaban J connectivity index is 1.84. The maximum absolute atomic E-state index is 14.7. The first-order valence-corrected chi connectivity index (χ1v) is 18.0. The van der Waals surface area contributed by atoms with E-state index in [0.29, 0.717) is 17.2 Å². The fourth-order valence-corrected chi connectivity index (χ4v) is 6.78. The quantitative estimate of drug-likeness (QED) is 0.139. The molecule has 0 aliphatic heterocycles. The first kappa shape index (κ1) is 36.0. The van der Waals surface area contributed by atoms with Crippen LogP contribution in [0.15, 0.2) is 112 Å². The molecule has 11 heteroatoms. The molecule has 4 aromatic carbocycles. The molecule has 0 saturated heterocycles. The molecule has 0 aromatic heterocycles. The highest BCUT2D eigenvalue weighted by Gasteiger charge is 2.35. The highest BCUT2D eigenvalue weighted by atomic mass is 79.9. The standard InChI is InChI=1S/C36H39BrClN3O5S/c1-4-26(3)39-36(43)33(23-27-11-7-6-8-12-27)40(24-28-15-17-29(37)18-16-28)35(42)25-41(32-13-9-10-14-34(32)46-5-2)47(44,45)31-21-19-30(38)20-22-31/h6-22,26,33H,4-5,23-25H2,1-3H3,(H,39,43)/t26-,33+/m1/s1. The van der Waals surface area contributed by atoms with Crippen LogP contribution in [0.25, 0.3) is 0 Å². The van der Waals surface area contributed by atoms with Crippen LogP contribution < -0.4 is 14.4 Å². The van der Waals surface area contributed by atoms with Crippen LogP contribution in [0.5, 0.6) is 5.75 Å². The lowest BCUT2D eigenvalue weighted by molar-refractivity contribution is -0.140. The second-order valence-electron chi connectivity index (χ2n) is 11.0. The number of amides is 2. The summed E-state index contributed by atoms with van der Waals surface area (Å²) in [6, 6.07) is 28.3. The van der Waals surface area contributed by atoms with E-state index in [1.165, 1.54) is 29.2 Å². The molecule has 8 nitrogen and oxygen atoms in total. The summed E-state index contributed by atoms with van der Waals surface area (Å²) in [6.45, 7) is 5.43. The molecule has 4 aromatic rings. The predicted octanol–water partition coefficient (Wildman–Crippen LogP) is 7.25. The van der Waals surface area contributed by atoms with Crippen LogP contribution in [0.2, 0.25) is 5.02 Å². The van der Waals surface area contributed by atoms with E-state index in [1.807, 2.05) is 68.4 Å². The predicted molar refractivity (Wildman–Crippen MR) is 190 cm³/mol. The zero-order valence-corrected chi connectivity index (χ0v) is 29.8. The van der Waals surface area contributed by atoms with Crippen molar-refractivity contribution in [3.8, 4) is 5.75 Å². The van der Waals surface area contributed by atoms with Crippen molar-refractivity contribution in [2.75, 3.05) is 17.5 Å². The van der Waals surface area contributed by atoms with Gasteiger partial charge in [-0.25, -0.2) is 8.42 Å². The number of nitrogens with one attached hydrogen (secondary N) is 1. The normalized spacial score (nSPS) is 12.5. The van der Waals surface area contributed by atoms with Gasteiger partial charge in [0.2, 0.25) is 11.8 Å². The second kappa shape index (κ2) is 16.8. The molecule has 0 bridgehead atoms. The average Bonchev–Trinajstić information content (AvgIpc) is 3.07. The molecule has 0 radical (unpaired) electrons. The molecule has 2 amide bonds. The third kappa shape index (κ3) is 9.59. The van der Waals surface area contributed by atoms with Crippen molar-refractivity contribution in [2.24, 2.45) is 0 Å². The number of rotatable bonds is 15. The summed E-state index contributed by atoms with van der Waals surface area (Å²) in [6.07, 6.45) is 0.927. The zero-order chi connectivity index (χ0) is 34.0. The van der Waals surface area contributed by atoms with Gasteiger partial charge in [0.05, 0.1) is 17.2 Å². The fourth-order valence-electron chi connectivity index (χ4n) is 4.97. The number of halogens is 2. The third-order valence-corrected chi connectivity index (χ3v) is 10.2. The van der Waals surface area contributed by atoms with Crippen LogP contribution in [-0.2, 0) is 32.6 Å². The number of benzene rings is 4. The Morgan fingerprint density at radius 3 is 2.15 bits per heavy atom. The molecule has 1 N–H and O–H groups in total. The molecule has 0 aliphatic carbocycles. The first-order chi connectivity index (χ1) is 22.5. The largest absolute Gasteiger partial charge is 0.492 e. The van der Waals surface area contributed by atoms with Crippen LogP contribution in [0.3, 0.4) is 0 Å². The van der Waals surface area contributed by atoms with Gasteiger partial charge in [-0.1, -0.05) is 89.1 Å². The van der Waals surface area contributed by atoms with E-state index in [2.05, 4.69) is 21.2 Å². The smallest absolute Gasteiger partial charge is 0.264 e. The number of nitrogens with zero attached hydrogens (tertiary/aromatic N) is 2. The van der Waals surface area contributed by atoms with Crippen LogP contribution in [0.1, 0.15) is 38.3 Å². The van der Waals surface area contributed by atoms with Crippen molar-refractivity contribution in [2.45, 2.75) is 57.1 Å². The van der Waals surface area contributed by atoms with E-state index in [1.54, 1.807) is 31.2 Å². The van der Waals surface area contributed by atoms with E-state index in [-0.39, 0.29) is 42.1 Å². The number of hydrogen-bond donors (Lipinski definition) is 1. The van der Waals surface area contributed by atoms with Crippen molar-refractivity contribution in [1.82, 2.24) is 10.2 Å². The number of para-hydroxylation sites is 2. The highest BCUT2D eigenvalue weighted by molar-refractivity contribution is 9.10. The van der Waals surface area contributed by atoms with Gasteiger partial charge < -0.3 is 15.0 Å². The molecule has 47 heavy (non-hydrogen) atoms. The fraction of sp³-hybridized carbons (Fsp3) is 0.278. The second-order valence-corrected chi connectivity index (χ2v) is 14.3. The lowest BCUT2D eigenvalue weighted by Gasteiger charge is -2.34. The average molecular weight is 741 g/mol. The van der Waals surface area contributed by atoms with Crippen LogP contribution in [0, 0.1) is 0 Å². The molecule has 4 rings (SSSR count). The number of anilines is 1.